The van der Waals surface area contributed by atoms with Gasteiger partial charge in [0.05, 0.1) is 17.3 Å². The maximum absolute atomic E-state index is 10.9. The third kappa shape index (κ3) is 2.28. The lowest BCUT2D eigenvalue weighted by Crippen LogP contribution is -2.00. The Balaban J connectivity index is 1.94. The lowest BCUT2D eigenvalue weighted by atomic mass is 10.1. The number of furan rings is 1. The summed E-state index contributed by atoms with van der Waals surface area (Å²) in [7, 11) is 0. The predicted octanol–water partition coefficient (Wildman–Crippen LogP) is 3.34. The van der Waals surface area contributed by atoms with Crippen LogP contribution >= 0.6 is 11.6 Å². The zero-order valence-corrected chi connectivity index (χ0v) is 11.4. The largest absolute Gasteiger partial charge is 0.475 e. The fourth-order valence-corrected chi connectivity index (χ4v) is 2.21. The van der Waals surface area contributed by atoms with Crippen molar-refractivity contribution in [3.05, 3.63) is 52.5 Å². The lowest BCUT2D eigenvalue weighted by molar-refractivity contribution is 0.0665. The summed E-state index contributed by atoms with van der Waals surface area (Å²) in [6.07, 6.45) is 1.76. The Bertz CT molecular complexity index is 784. The quantitative estimate of drug-likeness (QED) is 0.803. The summed E-state index contributed by atoms with van der Waals surface area (Å²) >= 11 is 5.97. The first-order valence-corrected chi connectivity index (χ1v) is 6.36. The standard InChI is InChI=1S/C14H11ClN2O3/c1-8-11(15)7-17(16-8)6-9-2-3-12-10(4-9)5-13(20-12)14(18)19/h2-5,7H,6H2,1H3,(H,18,19). The van der Waals surface area contributed by atoms with Gasteiger partial charge < -0.3 is 9.52 Å². The highest BCUT2D eigenvalue weighted by molar-refractivity contribution is 6.31. The van der Waals surface area contributed by atoms with Gasteiger partial charge in [-0.25, -0.2) is 4.79 Å². The summed E-state index contributed by atoms with van der Waals surface area (Å²) in [6.45, 7) is 2.41. The average molecular weight is 291 g/mol. The minimum Gasteiger partial charge on any atom is -0.475 e. The minimum absolute atomic E-state index is 0.0601. The number of nitrogens with zero attached hydrogens (tertiary/aromatic N) is 2. The molecule has 6 heteroatoms. The highest BCUT2D eigenvalue weighted by Gasteiger charge is 2.11. The fourth-order valence-electron chi connectivity index (χ4n) is 2.06. The number of halogens is 1. The molecule has 0 spiro atoms. The zero-order chi connectivity index (χ0) is 14.3. The average Bonchev–Trinajstić information content (AvgIpc) is 2.93. The van der Waals surface area contributed by atoms with Gasteiger partial charge in [0, 0.05) is 11.6 Å². The molecule has 20 heavy (non-hydrogen) atoms. The highest BCUT2D eigenvalue weighted by Crippen LogP contribution is 2.22. The maximum atomic E-state index is 10.9. The van der Waals surface area contributed by atoms with E-state index in [1.807, 2.05) is 19.1 Å². The van der Waals surface area contributed by atoms with Crippen molar-refractivity contribution >= 4 is 28.5 Å². The molecule has 1 aromatic carbocycles. The summed E-state index contributed by atoms with van der Waals surface area (Å²) in [4.78, 5) is 10.9. The minimum atomic E-state index is -1.07. The molecular weight excluding hydrogens is 280 g/mol. The molecule has 0 aliphatic carbocycles. The van der Waals surface area contributed by atoms with E-state index in [0.29, 0.717) is 17.2 Å². The van der Waals surface area contributed by atoms with Crippen LogP contribution in [0.5, 0.6) is 0 Å². The van der Waals surface area contributed by atoms with Gasteiger partial charge >= 0.3 is 5.97 Å². The molecule has 0 aliphatic heterocycles. The first kappa shape index (κ1) is 12.7. The molecule has 0 unspecified atom stereocenters. The summed E-state index contributed by atoms with van der Waals surface area (Å²) < 4.78 is 6.96. The van der Waals surface area contributed by atoms with E-state index in [1.54, 1.807) is 16.9 Å². The van der Waals surface area contributed by atoms with Crippen LogP contribution in [0, 0.1) is 6.92 Å². The van der Waals surface area contributed by atoms with E-state index < -0.39 is 5.97 Å². The van der Waals surface area contributed by atoms with Crippen molar-refractivity contribution < 1.29 is 14.3 Å². The van der Waals surface area contributed by atoms with E-state index >= 15 is 0 Å². The second-order valence-electron chi connectivity index (χ2n) is 4.55. The molecule has 0 saturated carbocycles. The molecule has 2 heterocycles. The highest BCUT2D eigenvalue weighted by atomic mass is 35.5. The second kappa shape index (κ2) is 4.68. The summed E-state index contributed by atoms with van der Waals surface area (Å²) in [6, 6.07) is 7.04. The summed E-state index contributed by atoms with van der Waals surface area (Å²) in [5, 5.41) is 14.6. The number of aromatic nitrogens is 2. The smallest absolute Gasteiger partial charge is 0.371 e. The molecule has 0 bridgehead atoms. The molecule has 0 radical (unpaired) electrons. The van der Waals surface area contributed by atoms with E-state index in [1.165, 1.54) is 6.07 Å². The van der Waals surface area contributed by atoms with Crippen molar-refractivity contribution in [1.82, 2.24) is 9.78 Å². The first-order valence-electron chi connectivity index (χ1n) is 5.98. The number of hydrogen-bond acceptors (Lipinski definition) is 3. The van der Waals surface area contributed by atoms with E-state index in [9.17, 15) is 4.79 Å². The van der Waals surface area contributed by atoms with Crippen LogP contribution in [-0.4, -0.2) is 20.9 Å². The lowest BCUT2D eigenvalue weighted by Gasteiger charge is -2.01. The zero-order valence-electron chi connectivity index (χ0n) is 10.6. The topological polar surface area (TPSA) is 68.3 Å². The number of carbonyl (C=O) groups is 1. The molecule has 1 N–H and O–H groups in total. The van der Waals surface area contributed by atoms with Crippen LogP contribution in [0.3, 0.4) is 0 Å². The SMILES string of the molecule is Cc1nn(Cc2ccc3oc(C(=O)O)cc3c2)cc1Cl. The molecule has 102 valence electrons. The third-order valence-corrected chi connectivity index (χ3v) is 3.39. The second-order valence-corrected chi connectivity index (χ2v) is 4.96. The van der Waals surface area contributed by atoms with Gasteiger partial charge in [0.25, 0.3) is 0 Å². The number of benzene rings is 1. The third-order valence-electron chi connectivity index (χ3n) is 3.02. The normalized spacial score (nSPS) is 11.1. The van der Waals surface area contributed by atoms with Gasteiger partial charge in [0.2, 0.25) is 5.76 Å². The van der Waals surface area contributed by atoms with E-state index in [-0.39, 0.29) is 5.76 Å². The number of aryl methyl sites for hydroxylation is 1. The Morgan fingerprint density at radius 3 is 2.90 bits per heavy atom. The number of aromatic carboxylic acids is 1. The Kier molecular flexibility index (Phi) is 2.99. The van der Waals surface area contributed by atoms with E-state index in [4.69, 9.17) is 21.1 Å². The Labute approximate surface area is 119 Å². The fraction of sp³-hybridized carbons (Fsp3) is 0.143. The molecule has 3 rings (SSSR count). The van der Waals surface area contributed by atoms with Crippen molar-refractivity contribution in [1.29, 1.82) is 0 Å². The number of hydrogen-bond donors (Lipinski definition) is 1. The van der Waals surface area contributed by atoms with Crippen LogP contribution in [0.15, 0.2) is 34.9 Å². The van der Waals surface area contributed by atoms with Gasteiger partial charge in [0.15, 0.2) is 0 Å². The van der Waals surface area contributed by atoms with Gasteiger partial charge in [-0.05, 0) is 30.7 Å². The number of fused-ring (bicyclic) bond motifs is 1. The van der Waals surface area contributed by atoms with E-state index in [2.05, 4.69) is 5.10 Å². The van der Waals surface area contributed by atoms with Crippen molar-refractivity contribution in [2.45, 2.75) is 13.5 Å². The van der Waals surface area contributed by atoms with Gasteiger partial charge in [-0.2, -0.15) is 5.10 Å². The molecule has 0 aliphatic rings. The Morgan fingerprint density at radius 2 is 2.25 bits per heavy atom. The number of carboxylic acid groups (broad SMARTS) is 1. The van der Waals surface area contributed by atoms with Crippen molar-refractivity contribution in [3.8, 4) is 0 Å². The summed E-state index contributed by atoms with van der Waals surface area (Å²) in [5.74, 6) is -1.13. The van der Waals surface area contributed by atoms with Crippen LogP contribution in [0.25, 0.3) is 11.0 Å². The van der Waals surface area contributed by atoms with Crippen molar-refractivity contribution in [2.24, 2.45) is 0 Å². The van der Waals surface area contributed by atoms with Gasteiger partial charge in [-0.3, -0.25) is 4.68 Å². The van der Waals surface area contributed by atoms with E-state index in [0.717, 1.165) is 16.6 Å². The monoisotopic (exact) mass is 290 g/mol. The Hall–Kier alpha value is -2.27. The van der Waals surface area contributed by atoms with Crippen molar-refractivity contribution in [2.75, 3.05) is 0 Å². The van der Waals surface area contributed by atoms with Crippen LogP contribution in [0.2, 0.25) is 5.02 Å². The van der Waals surface area contributed by atoms with Crippen LogP contribution in [0.4, 0.5) is 0 Å². The molecule has 0 saturated heterocycles. The molecular formula is C14H11ClN2O3. The van der Waals surface area contributed by atoms with Gasteiger partial charge in [-0.15, -0.1) is 0 Å². The molecule has 3 aromatic rings. The van der Waals surface area contributed by atoms with Gasteiger partial charge in [0.1, 0.15) is 5.58 Å². The maximum Gasteiger partial charge on any atom is 0.371 e. The predicted molar refractivity (Wildman–Crippen MR) is 74.2 cm³/mol. The number of carboxylic acids is 1. The molecule has 0 atom stereocenters. The molecule has 5 nitrogen and oxygen atoms in total. The van der Waals surface area contributed by atoms with Gasteiger partial charge in [-0.1, -0.05) is 17.7 Å². The van der Waals surface area contributed by atoms with Crippen LogP contribution in [-0.2, 0) is 6.54 Å². The van der Waals surface area contributed by atoms with Crippen LogP contribution in [0.1, 0.15) is 21.8 Å². The van der Waals surface area contributed by atoms with Crippen molar-refractivity contribution in [3.63, 3.8) is 0 Å². The van der Waals surface area contributed by atoms with Crippen LogP contribution < -0.4 is 0 Å². The Morgan fingerprint density at radius 1 is 1.45 bits per heavy atom. The number of rotatable bonds is 3. The summed E-state index contributed by atoms with van der Waals surface area (Å²) in [5.41, 5.74) is 2.33. The molecule has 0 amide bonds. The first-order chi connectivity index (χ1) is 9.52. The molecule has 0 fully saturated rings. The molecule has 2 aromatic heterocycles.